The molecule has 0 saturated carbocycles. The van der Waals surface area contributed by atoms with Gasteiger partial charge in [0.25, 0.3) is 0 Å². The maximum absolute atomic E-state index is 11.3. The number of aliphatic carboxylic acids is 1. The van der Waals surface area contributed by atoms with Gasteiger partial charge in [0.15, 0.2) is 0 Å². The van der Waals surface area contributed by atoms with E-state index < -0.39 is 11.5 Å². The second-order valence-corrected chi connectivity index (χ2v) is 3.33. The van der Waals surface area contributed by atoms with Crippen LogP contribution in [0.3, 0.4) is 0 Å². The van der Waals surface area contributed by atoms with E-state index in [4.69, 9.17) is 10.4 Å². The van der Waals surface area contributed by atoms with Crippen molar-refractivity contribution in [3.05, 3.63) is 0 Å². The van der Waals surface area contributed by atoms with Crippen LogP contribution in [0.5, 0.6) is 0 Å². The Hall–Kier alpha value is -1.57. The van der Waals surface area contributed by atoms with Crippen molar-refractivity contribution in [2.45, 2.75) is 45.1 Å². The molecule has 1 unspecified atom stereocenters. The number of rotatable bonds is 6. The lowest BCUT2D eigenvalue weighted by Gasteiger charge is -2.21. The van der Waals surface area contributed by atoms with E-state index >= 15 is 0 Å². The van der Waals surface area contributed by atoms with Crippen LogP contribution in [0, 0.1) is 11.3 Å². The van der Waals surface area contributed by atoms with Crippen molar-refractivity contribution in [2.75, 3.05) is 0 Å². The van der Waals surface area contributed by atoms with E-state index in [1.165, 1.54) is 0 Å². The molecule has 0 aliphatic carbocycles. The zero-order valence-corrected chi connectivity index (χ0v) is 9.04. The topological polar surface area (TPSA) is 90.2 Å². The normalized spacial score (nSPS) is 13.7. The van der Waals surface area contributed by atoms with Crippen LogP contribution in [0.1, 0.15) is 39.5 Å². The van der Waals surface area contributed by atoms with Crippen LogP contribution in [-0.2, 0) is 9.59 Å². The van der Waals surface area contributed by atoms with Crippen LogP contribution in [0.2, 0.25) is 0 Å². The third kappa shape index (κ3) is 3.58. The number of hydrogen-bond acceptors (Lipinski definition) is 3. The summed E-state index contributed by atoms with van der Waals surface area (Å²) in [5.41, 5.74) is -1.77. The summed E-state index contributed by atoms with van der Waals surface area (Å²) >= 11 is 0. The first-order valence-corrected chi connectivity index (χ1v) is 4.98. The molecule has 0 bridgehead atoms. The smallest absolute Gasteiger partial charge is 0.344 e. The highest BCUT2D eigenvalue weighted by Crippen LogP contribution is 2.10. The fraction of sp³-hybridized carbons (Fsp3) is 0.700. The molecular formula is C10H16N2O3. The second-order valence-electron chi connectivity index (χ2n) is 3.33. The monoisotopic (exact) mass is 212 g/mol. The molecule has 0 fully saturated rings. The van der Waals surface area contributed by atoms with Gasteiger partial charge in [-0.1, -0.05) is 20.3 Å². The summed E-state index contributed by atoms with van der Waals surface area (Å²) < 4.78 is 0. The number of amides is 1. The molecule has 0 aromatic carbocycles. The van der Waals surface area contributed by atoms with Crippen molar-refractivity contribution < 1.29 is 14.7 Å². The fourth-order valence-electron chi connectivity index (χ4n) is 1.09. The van der Waals surface area contributed by atoms with Crippen molar-refractivity contribution in [1.82, 2.24) is 5.32 Å². The van der Waals surface area contributed by atoms with E-state index in [-0.39, 0.29) is 18.7 Å². The van der Waals surface area contributed by atoms with Gasteiger partial charge in [-0.05, 0) is 12.8 Å². The Morgan fingerprint density at radius 1 is 1.47 bits per heavy atom. The van der Waals surface area contributed by atoms with E-state index in [0.717, 1.165) is 6.42 Å². The molecule has 15 heavy (non-hydrogen) atoms. The maximum Gasteiger partial charge on any atom is 0.344 e. The Morgan fingerprint density at radius 3 is 2.40 bits per heavy atom. The van der Waals surface area contributed by atoms with Gasteiger partial charge in [0, 0.05) is 6.42 Å². The minimum atomic E-state index is -1.77. The molecule has 0 rings (SSSR count). The molecular weight excluding hydrogens is 196 g/mol. The predicted molar refractivity (Wildman–Crippen MR) is 53.9 cm³/mol. The number of carbonyl (C=O) groups is 2. The average Bonchev–Trinajstić information content (AvgIpc) is 2.22. The van der Waals surface area contributed by atoms with Crippen LogP contribution in [0.4, 0.5) is 0 Å². The Morgan fingerprint density at radius 2 is 2.07 bits per heavy atom. The van der Waals surface area contributed by atoms with Crippen molar-refractivity contribution >= 4 is 11.9 Å². The third-order valence-electron chi connectivity index (χ3n) is 2.20. The van der Waals surface area contributed by atoms with Crippen LogP contribution in [0.15, 0.2) is 0 Å². The number of carboxylic acids is 1. The molecule has 2 N–H and O–H groups in total. The lowest BCUT2D eigenvalue weighted by Crippen LogP contribution is -2.53. The first-order chi connectivity index (χ1) is 7.02. The van der Waals surface area contributed by atoms with Gasteiger partial charge in [-0.25, -0.2) is 4.79 Å². The summed E-state index contributed by atoms with van der Waals surface area (Å²) in [5, 5.41) is 19.9. The van der Waals surface area contributed by atoms with Crippen LogP contribution in [0.25, 0.3) is 0 Å². The molecule has 0 aromatic heterocycles. The Labute approximate surface area is 89.1 Å². The van der Waals surface area contributed by atoms with Gasteiger partial charge in [-0.15, -0.1) is 0 Å². The van der Waals surface area contributed by atoms with Gasteiger partial charge in [-0.3, -0.25) is 4.79 Å². The van der Waals surface area contributed by atoms with Gasteiger partial charge in [0.2, 0.25) is 11.4 Å². The predicted octanol–water partition coefficient (Wildman–Crippen LogP) is 1.05. The lowest BCUT2D eigenvalue weighted by atomic mass is 9.98. The first-order valence-electron chi connectivity index (χ1n) is 4.98. The summed E-state index contributed by atoms with van der Waals surface area (Å²) in [7, 11) is 0. The number of hydrogen-bond donors (Lipinski definition) is 2. The van der Waals surface area contributed by atoms with E-state index in [2.05, 4.69) is 5.32 Å². The highest BCUT2D eigenvalue weighted by Gasteiger charge is 2.38. The van der Waals surface area contributed by atoms with Gasteiger partial charge in [0.05, 0.1) is 0 Å². The summed E-state index contributed by atoms with van der Waals surface area (Å²) in [4.78, 5) is 22.2. The number of carbonyl (C=O) groups excluding carboxylic acids is 1. The summed E-state index contributed by atoms with van der Waals surface area (Å²) in [6, 6.07) is 1.64. The summed E-state index contributed by atoms with van der Waals surface area (Å²) in [5.74, 6) is -1.69. The standard InChI is InChI=1S/C10H16N2O3/c1-3-5-6-8(13)12-10(4-2,7-11)9(14)15/h3-6H2,1-2H3,(H,12,13)(H,14,15). The first kappa shape index (κ1) is 13.4. The lowest BCUT2D eigenvalue weighted by molar-refractivity contribution is -0.145. The number of carboxylic acid groups (broad SMARTS) is 1. The number of nitrogens with zero attached hydrogens (tertiary/aromatic N) is 1. The number of unbranched alkanes of at least 4 members (excludes halogenated alkanes) is 1. The molecule has 0 aromatic rings. The third-order valence-corrected chi connectivity index (χ3v) is 2.20. The van der Waals surface area contributed by atoms with Crippen molar-refractivity contribution in [2.24, 2.45) is 0 Å². The highest BCUT2D eigenvalue weighted by atomic mass is 16.4. The quantitative estimate of drug-likeness (QED) is 0.688. The van der Waals surface area contributed by atoms with Crippen molar-refractivity contribution in [3.63, 3.8) is 0 Å². The molecule has 5 heteroatoms. The van der Waals surface area contributed by atoms with E-state index in [0.29, 0.717) is 6.42 Å². The second kappa shape index (κ2) is 6.02. The minimum absolute atomic E-state index is 0.0523. The number of nitrogens with one attached hydrogen (secondary N) is 1. The molecule has 1 amide bonds. The van der Waals surface area contributed by atoms with Gasteiger partial charge < -0.3 is 10.4 Å². The Balaban J connectivity index is 4.50. The molecule has 0 aliphatic rings. The van der Waals surface area contributed by atoms with Crippen LogP contribution >= 0.6 is 0 Å². The molecule has 0 aliphatic heterocycles. The summed E-state index contributed by atoms with van der Waals surface area (Å²) in [6.45, 7) is 3.49. The van der Waals surface area contributed by atoms with Crippen LogP contribution in [-0.4, -0.2) is 22.5 Å². The minimum Gasteiger partial charge on any atom is -0.479 e. The van der Waals surface area contributed by atoms with E-state index in [9.17, 15) is 9.59 Å². The number of nitriles is 1. The highest BCUT2D eigenvalue weighted by molar-refractivity contribution is 5.89. The van der Waals surface area contributed by atoms with Gasteiger partial charge >= 0.3 is 5.97 Å². The molecule has 0 saturated heterocycles. The fourth-order valence-corrected chi connectivity index (χ4v) is 1.09. The zero-order valence-electron chi connectivity index (χ0n) is 9.04. The van der Waals surface area contributed by atoms with Gasteiger partial charge in [-0.2, -0.15) is 5.26 Å². The zero-order chi connectivity index (χ0) is 11.9. The molecule has 0 radical (unpaired) electrons. The van der Waals surface area contributed by atoms with Crippen LogP contribution < -0.4 is 5.32 Å². The van der Waals surface area contributed by atoms with Gasteiger partial charge in [0.1, 0.15) is 6.07 Å². The Kier molecular flexibility index (Phi) is 5.39. The van der Waals surface area contributed by atoms with E-state index in [1.807, 2.05) is 6.92 Å². The van der Waals surface area contributed by atoms with Crippen molar-refractivity contribution in [1.29, 1.82) is 5.26 Å². The van der Waals surface area contributed by atoms with Crippen molar-refractivity contribution in [3.8, 4) is 6.07 Å². The molecule has 1 atom stereocenters. The largest absolute Gasteiger partial charge is 0.479 e. The SMILES string of the molecule is CCCCC(=O)NC(C#N)(CC)C(=O)O. The molecule has 5 nitrogen and oxygen atoms in total. The molecule has 0 spiro atoms. The van der Waals surface area contributed by atoms with E-state index in [1.54, 1.807) is 13.0 Å². The average molecular weight is 212 g/mol. The molecule has 84 valence electrons. The molecule has 0 heterocycles. The maximum atomic E-state index is 11.3. The summed E-state index contributed by atoms with van der Waals surface area (Å²) in [6.07, 6.45) is 1.85. The Bertz CT molecular complexity index is 283.